The van der Waals surface area contributed by atoms with Crippen molar-refractivity contribution in [3.05, 3.63) is 0 Å². The lowest BCUT2D eigenvalue weighted by molar-refractivity contribution is -0.305. The fourth-order valence-corrected chi connectivity index (χ4v) is 7.38. The van der Waals surface area contributed by atoms with Crippen LogP contribution in [0.15, 0.2) is 0 Å². The first-order chi connectivity index (χ1) is 26.4. The van der Waals surface area contributed by atoms with E-state index in [4.69, 9.17) is 18.9 Å². The summed E-state index contributed by atoms with van der Waals surface area (Å²) in [6.45, 7) is 4.61. The highest BCUT2D eigenvalue weighted by molar-refractivity contribution is 5.69. The molecule has 1 rings (SSSR count). The van der Waals surface area contributed by atoms with Gasteiger partial charge in [0, 0.05) is 13.0 Å². The quantitative estimate of drug-likeness (QED) is 0.0355. The number of rotatable bonds is 40. The zero-order chi connectivity index (χ0) is 39.3. The van der Waals surface area contributed by atoms with Gasteiger partial charge in [0.25, 0.3) is 0 Å². The lowest BCUT2D eigenvalue weighted by Crippen LogP contribution is -2.59. The van der Waals surface area contributed by atoms with Gasteiger partial charge in [0.15, 0.2) is 6.29 Å². The summed E-state index contributed by atoms with van der Waals surface area (Å²) in [5.74, 6) is -0.308. The van der Waals surface area contributed by atoms with E-state index in [-0.39, 0.29) is 19.2 Å². The van der Waals surface area contributed by atoms with Gasteiger partial charge >= 0.3 is 5.97 Å². The van der Waals surface area contributed by atoms with Gasteiger partial charge in [-0.3, -0.25) is 4.79 Å². The molecule has 4 N–H and O–H groups in total. The zero-order valence-corrected chi connectivity index (χ0v) is 35.3. The van der Waals surface area contributed by atoms with Crippen molar-refractivity contribution in [1.29, 1.82) is 0 Å². The molecule has 9 heteroatoms. The number of hydrogen-bond donors (Lipinski definition) is 4. The molecule has 0 saturated carbocycles. The van der Waals surface area contributed by atoms with Gasteiger partial charge in [-0.1, -0.05) is 200 Å². The minimum Gasteiger partial charge on any atom is -0.457 e. The van der Waals surface area contributed by atoms with Crippen LogP contribution >= 0.6 is 0 Å². The highest BCUT2D eigenvalue weighted by Gasteiger charge is 2.44. The van der Waals surface area contributed by atoms with Gasteiger partial charge in [0.05, 0.1) is 19.8 Å². The van der Waals surface area contributed by atoms with Crippen molar-refractivity contribution in [1.82, 2.24) is 0 Å². The van der Waals surface area contributed by atoms with Crippen LogP contribution in [0, 0.1) is 0 Å². The first kappa shape index (κ1) is 51.2. The molecule has 322 valence electrons. The highest BCUT2D eigenvalue weighted by Crippen LogP contribution is 2.23. The summed E-state index contributed by atoms with van der Waals surface area (Å²) in [5.41, 5.74) is 0. The molecular weight excluding hydrogens is 684 g/mol. The number of unbranched alkanes of at least 4 members (excludes halogenated alkanes) is 29. The maximum absolute atomic E-state index is 12.8. The molecule has 1 saturated heterocycles. The van der Waals surface area contributed by atoms with Crippen molar-refractivity contribution in [2.45, 2.75) is 256 Å². The average molecular weight is 773 g/mol. The van der Waals surface area contributed by atoms with Gasteiger partial charge in [-0.15, -0.1) is 0 Å². The predicted octanol–water partition coefficient (Wildman–Crippen LogP) is 10.3. The molecule has 1 heterocycles. The molecule has 6 unspecified atom stereocenters. The normalized spacial score (nSPS) is 20.7. The van der Waals surface area contributed by atoms with Crippen LogP contribution < -0.4 is 0 Å². The van der Waals surface area contributed by atoms with Crippen LogP contribution in [-0.4, -0.2) is 89.6 Å². The predicted molar refractivity (Wildman–Crippen MR) is 220 cm³/mol. The van der Waals surface area contributed by atoms with Gasteiger partial charge in [-0.05, 0) is 12.8 Å². The van der Waals surface area contributed by atoms with Gasteiger partial charge in [-0.25, -0.2) is 0 Å². The van der Waals surface area contributed by atoms with Crippen molar-refractivity contribution in [3.63, 3.8) is 0 Å². The molecule has 0 aromatic heterocycles. The van der Waals surface area contributed by atoms with E-state index >= 15 is 0 Å². The topological polar surface area (TPSA) is 135 Å². The number of carbonyl (C=O) groups is 1. The Morgan fingerprint density at radius 3 is 1.31 bits per heavy atom. The van der Waals surface area contributed by atoms with Crippen LogP contribution in [0.25, 0.3) is 0 Å². The molecule has 54 heavy (non-hydrogen) atoms. The highest BCUT2D eigenvalue weighted by atomic mass is 16.7. The molecule has 0 aromatic rings. The fraction of sp³-hybridized carbons (Fsp3) is 0.978. The molecule has 9 nitrogen and oxygen atoms in total. The summed E-state index contributed by atoms with van der Waals surface area (Å²) in [6, 6.07) is 0. The molecule has 1 fully saturated rings. The van der Waals surface area contributed by atoms with Gasteiger partial charge in [0.2, 0.25) is 0 Å². The molecular formula is C45H88O9. The average Bonchev–Trinajstić information content (AvgIpc) is 3.17. The third-order valence-corrected chi connectivity index (χ3v) is 11.0. The molecule has 1 aliphatic heterocycles. The van der Waals surface area contributed by atoms with Gasteiger partial charge in [-0.2, -0.15) is 0 Å². The molecule has 0 bridgehead atoms. The Morgan fingerprint density at radius 1 is 0.519 bits per heavy atom. The maximum Gasteiger partial charge on any atom is 0.306 e. The minimum absolute atomic E-state index is 0.105. The number of esters is 1. The molecule has 0 amide bonds. The van der Waals surface area contributed by atoms with E-state index in [2.05, 4.69) is 13.8 Å². The van der Waals surface area contributed by atoms with E-state index < -0.39 is 43.4 Å². The third kappa shape index (κ3) is 28.6. The van der Waals surface area contributed by atoms with Crippen molar-refractivity contribution >= 4 is 5.97 Å². The van der Waals surface area contributed by atoms with Crippen molar-refractivity contribution in [2.75, 3.05) is 26.4 Å². The lowest BCUT2D eigenvalue weighted by atomic mass is 9.99. The summed E-state index contributed by atoms with van der Waals surface area (Å²) in [4.78, 5) is 12.8. The van der Waals surface area contributed by atoms with E-state index in [1.165, 1.54) is 167 Å². The van der Waals surface area contributed by atoms with E-state index in [0.29, 0.717) is 13.0 Å². The van der Waals surface area contributed by atoms with E-state index in [0.717, 1.165) is 32.1 Å². The zero-order valence-electron chi connectivity index (χ0n) is 35.3. The Morgan fingerprint density at radius 2 is 0.907 bits per heavy atom. The van der Waals surface area contributed by atoms with Crippen LogP contribution in [0.2, 0.25) is 0 Å². The monoisotopic (exact) mass is 773 g/mol. The van der Waals surface area contributed by atoms with Crippen molar-refractivity contribution < 1.29 is 44.2 Å². The summed E-state index contributed by atoms with van der Waals surface area (Å²) < 4.78 is 22.8. The van der Waals surface area contributed by atoms with E-state index in [1.807, 2.05) is 0 Å². The van der Waals surface area contributed by atoms with Gasteiger partial charge in [0.1, 0.15) is 30.5 Å². The smallest absolute Gasteiger partial charge is 0.306 e. The lowest BCUT2D eigenvalue weighted by Gasteiger charge is -2.39. The third-order valence-electron chi connectivity index (χ3n) is 11.0. The molecule has 1 aliphatic rings. The Hall–Kier alpha value is -0.810. The number of carbonyl (C=O) groups excluding carboxylic acids is 1. The molecule has 0 aliphatic carbocycles. The fourth-order valence-electron chi connectivity index (χ4n) is 7.38. The molecule has 0 aromatic carbocycles. The summed E-state index contributed by atoms with van der Waals surface area (Å²) >= 11 is 0. The van der Waals surface area contributed by atoms with E-state index in [9.17, 15) is 25.2 Å². The second-order valence-electron chi connectivity index (χ2n) is 16.2. The minimum atomic E-state index is -1.53. The van der Waals surface area contributed by atoms with Crippen molar-refractivity contribution in [2.24, 2.45) is 0 Å². The second-order valence-corrected chi connectivity index (χ2v) is 16.2. The molecule has 6 atom stereocenters. The summed E-state index contributed by atoms with van der Waals surface area (Å²) in [6.07, 6.45) is 32.7. The number of aliphatic hydroxyl groups is 4. The summed E-state index contributed by atoms with van der Waals surface area (Å²) in [5, 5.41) is 40.1. The maximum atomic E-state index is 12.8. The van der Waals surface area contributed by atoms with Crippen LogP contribution in [0.3, 0.4) is 0 Å². The van der Waals surface area contributed by atoms with Crippen LogP contribution in [-0.2, 0) is 23.7 Å². The molecule has 0 spiro atoms. The Bertz CT molecular complexity index is 797. The Kier molecular flexibility index (Phi) is 35.8. The number of ether oxygens (including phenoxy) is 4. The SMILES string of the molecule is CCCCCCCCCCCCCCCCCCCCOCC(COC1OC(CO)C(O)C(O)C1O)OC(=O)CCCCCCCCCCCCCCC. The van der Waals surface area contributed by atoms with Crippen molar-refractivity contribution in [3.8, 4) is 0 Å². The second kappa shape index (κ2) is 37.7. The first-order valence-corrected chi connectivity index (χ1v) is 23.1. The summed E-state index contributed by atoms with van der Waals surface area (Å²) in [7, 11) is 0. The van der Waals surface area contributed by atoms with Gasteiger partial charge < -0.3 is 39.4 Å². The number of hydrogen-bond acceptors (Lipinski definition) is 9. The first-order valence-electron chi connectivity index (χ1n) is 23.1. The molecule has 0 radical (unpaired) electrons. The van der Waals surface area contributed by atoms with Crippen LogP contribution in [0.4, 0.5) is 0 Å². The Labute approximate surface area is 332 Å². The number of aliphatic hydroxyl groups excluding tert-OH is 4. The van der Waals surface area contributed by atoms with E-state index in [1.54, 1.807) is 0 Å². The Balaban J connectivity index is 2.22. The standard InChI is InChI=1S/C45H88O9/c1-3-5-7-9-11-13-15-17-18-19-20-21-23-25-27-29-31-33-35-51-37-39(38-52-45-44(50)43(49)42(48)40(36-46)54-45)53-41(47)34-32-30-28-26-24-22-16-14-12-10-8-6-4-2/h39-40,42-46,48-50H,3-38H2,1-2H3. The van der Waals surface area contributed by atoms with Crippen LogP contribution in [0.1, 0.15) is 219 Å². The largest absolute Gasteiger partial charge is 0.457 e. The van der Waals surface area contributed by atoms with Crippen LogP contribution in [0.5, 0.6) is 0 Å².